The minimum absolute atomic E-state index is 0.250. The number of benzene rings is 1. The summed E-state index contributed by atoms with van der Waals surface area (Å²) >= 11 is 2.08. The lowest BCUT2D eigenvalue weighted by molar-refractivity contribution is -0.0245. The fourth-order valence-corrected chi connectivity index (χ4v) is 3.23. The zero-order chi connectivity index (χ0) is 15.2. The zero-order valence-electron chi connectivity index (χ0n) is 12.3. The van der Waals surface area contributed by atoms with E-state index in [2.05, 4.69) is 34.8 Å². The van der Waals surface area contributed by atoms with Crippen LogP contribution in [-0.4, -0.2) is 30.5 Å². The van der Waals surface area contributed by atoms with Crippen LogP contribution in [0.4, 0.5) is 10.1 Å². The Labute approximate surface area is 139 Å². The lowest BCUT2D eigenvalue weighted by Crippen LogP contribution is -2.29. The molecule has 2 N–H and O–H groups in total. The van der Waals surface area contributed by atoms with Gasteiger partial charge in [-0.1, -0.05) is 6.92 Å². The lowest BCUT2D eigenvalue weighted by atomic mass is 9.89. The van der Waals surface area contributed by atoms with Gasteiger partial charge in [0, 0.05) is 15.8 Å². The molecule has 21 heavy (non-hydrogen) atoms. The summed E-state index contributed by atoms with van der Waals surface area (Å²) in [6, 6.07) is 4.57. The molecule has 1 fully saturated rings. The molecular formula is C16H23FINO2. The van der Waals surface area contributed by atoms with E-state index in [4.69, 9.17) is 4.74 Å². The molecule has 3 nitrogen and oxygen atoms in total. The first-order chi connectivity index (χ1) is 10.0. The summed E-state index contributed by atoms with van der Waals surface area (Å²) in [7, 11) is 0. The SMILES string of the molecule is CC1CCC(OCC(O)CNc2ccc(F)cc2I)CC1. The van der Waals surface area contributed by atoms with Crippen LogP contribution in [0.3, 0.4) is 0 Å². The second-order valence-corrected chi connectivity index (χ2v) is 7.04. The van der Waals surface area contributed by atoms with Crippen molar-refractivity contribution in [2.75, 3.05) is 18.5 Å². The van der Waals surface area contributed by atoms with E-state index < -0.39 is 6.10 Å². The Kier molecular flexibility index (Phi) is 6.70. The molecule has 0 aromatic heterocycles. The van der Waals surface area contributed by atoms with Gasteiger partial charge in [0.1, 0.15) is 5.82 Å². The zero-order valence-corrected chi connectivity index (χ0v) is 14.5. The molecule has 1 unspecified atom stereocenters. The van der Waals surface area contributed by atoms with Crippen LogP contribution in [0.25, 0.3) is 0 Å². The molecule has 1 aliphatic rings. The predicted molar refractivity (Wildman–Crippen MR) is 91.0 cm³/mol. The lowest BCUT2D eigenvalue weighted by Gasteiger charge is -2.27. The van der Waals surface area contributed by atoms with E-state index in [1.54, 1.807) is 6.07 Å². The molecule has 1 aromatic carbocycles. The van der Waals surface area contributed by atoms with Crippen molar-refractivity contribution in [3.63, 3.8) is 0 Å². The molecule has 0 radical (unpaired) electrons. The quantitative estimate of drug-likeness (QED) is 0.705. The number of halogens is 2. The van der Waals surface area contributed by atoms with Crippen molar-refractivity contribution in [2.45, 2.75) is 44.8 Å². The van der Waals surface area contributed by atoms with Gasteiger partial charge in [0.05, 0.1) is 18.8 Å². The topological polar surface area (TPSA) is 41.5 Å². The standard InChI is InChI=1S/C16H23FINO2/c1-11-2-5-14(6-3-11)21-10-13(20)9-19-16-7-4-12(17)8-15(16)18/h4,7-8,11,13-14,19-20H,2-3,5-6,9-10H2,1H3. The summed E-state index contributed by atoms with van der Waals surface area (Å²) < 4.78 is 19.6. The van der Waals surface area contributed by atoms with Gasteiger partial charge in [-0.2, -0.15) is 0 Å². The van der Waals surface area contributed by atoms with Gasteiger partial charge >= 0.3 is 0 Å². The summed E-state index contributed by atoms with van der Waals surface area (Å²) in [4.78, 5) is 0. The van der Waals surface area contributed by atoms with Crippen LogP contribution in [-0.2, 0) is 4.74 Å². The fraction of sp³-hybridized carbons (Fsp3) is 0.625. The van der Waals surface area contributed by atoms with E-state index in [9.17, 15) is 9.50 Å². The maximum Gasteiger partial charge on any atom is 0.124 e. The van der Waals surface area contributed by atoms with Gasteiger partial charge in [-0.25, -0.2) is 4.39 Å². The molecule has 1 atom stereocenters. The molecule has 0 heterocycles. The molecule has 0 saturated heterocycles. The van der Waals surface area contributed by atoms with Crippen LogP contribution in [0.15, 0.2) is 18.2 Å². The minimum atomic E-state index is -0.551. The summed E-state index contributed by atoms with van der Waals surface area (Å²) in [6.07, 6.45) is 4.36. The minimum Gasteiger partial charge on any atom is -0.389 e. The van der Waals surface area contributed by atoms with E-state index in [0.717, 1.165) is 28.0 Å². The van der Waals surface area contributed by atoms with Crippen LogP contribution in [0.5, 0.6) is 0 Å². The molecule has 1 aliphatic carbocycles. The molecular weight excluding hydrogens is 384 g/mol. The second-order valence-electron chi connectivity index (χ2n) is 5.87. The van der Waals surface area contributed by atoms with Crippen molar-refractivity contribution < 1.29 is 14.2 Å². The van der Waals surface area contributed by atoms with Crippen LogP contribution in [0.1, 0.15) is 32.6 Å². The van der Waals surface area contributed by atoms with Gasteiger partial charge in [-0.3, -0.25) is 0 Å². The monoisotopic (exact) mass is 407 g/mol. The number of aliphatic hydroxyl groups is 1. The Morgan fingerprint density at radius 2 is 2.10 bits per heavy atom. The van der Waals surface area contributed by atoms with Crippen molar-refractivity contribution in [3.8, 4) is 0 Å². The first-order valence-corrected chi connectivity index (χ1v) is 8.61. The number of ether oxygens (including phenoxy) is 1. The van der Waals surface area contributed by atoms with Crippen molar-refractivity contribution in [1.82, 2.24) is 0 Å². The van der Waals surface area contributed by atoms with Gasteiger partial charge in [-0.05, 0) is 72.4 Å². The Bertz CT molecular complexity index is 450. The number of aliphatic hydroxyl groups excluding tert-OH is 1. The van der Waals surface area contributed by atoms with E-state index in [-0.39, 0.29) is 5.82 Å². The van der Waals surface area contributed by atoms with Crippen LogP contribution in [0.2, 0.25) is 0 Å². The third-order valence-corrected chi connectivity index (χ3v) is 4.84. The van der Waals surface area contributed by atoms with Gasteiger partial charge in [0.25, 0.3) is 0 Å². The molecule has 0 bridgehead atoms. The van der Waals surface area contributed by atoms with Crippen molar-refractivity contribution in [3.05, 3.63) is 27.6 Å². The maximum atomic E-state index is 13.0. The summed E-state index contributed by atoms with van der Waals surface area (Å²) in [5, 5.41) is 13.1. The van der Waals surface area contributed by atoms with Gasteiger partial charge in [0.2, 0.25) is 0 Å². The average Bonchev–Trinajstić information content (AvgIpc) is 2.46. The first-order valence-electron chi connectivity index (χ1n) is 7.53. The summed E-state index contributed by atoms with van der Waals surface area (Å²) in [5.41, 5.74) is 0.836. The van der Waals surface area contributed by atoms with Crippen LogP contribution >= 0.6 is 22.6 Å². The fourth-order valence-electron chi connectivity index (χ4n) is 2.56. The van der Waals surface area contributed by atoms with E-state index in [0.29, 0.717) is 19.3 Å². The summed E-state index contributed by atoms with van der Waals surface area (Å²) in [6.45, 7) is 3.04. The van der Waals surface area contributed by atoms with Crippen LogP contribution in [0, 0.1) is 15.3 Å². The highest BCUT2D eigenvalue weighted by Crippen LogP contribution is 2.25. The number of nitrogens with one attached hydrogen (secondary N) is 1. The van der Waals surface area contributed by atoms with Gasteiger partial charge in [0.15, 0.2) is 0 Å². The molecule has 1 aromatic rings. The van der Waals surface area contributed by atoms with E-state index >= 15 is 0 Å². The Balaban J connectivity index is 1.68. The second kappa shape index (κ2) is 8.29. The van der Waals surface area contributed by atoms with Crippen LogP contribution < -0.4 is 5.32 Å². The van der Waals surface area contributed by atoms with Gasteiger partial charge < -0.3 is 15.2 Å². The number of anilines is 1. The Hall–Kier alpha value is -0.400. The highest BCUT2D eigenvalue weighted by atomic mass is 127. The number of rotatable bonds is 6. The highest BCUT2D eigenvalue weighted by molar-refractivity contribution is 14.1. The molecule has 5 heteroatoms. The van der Waals surface area contributed by atoms with Crippen molar-refractivity contribution in [2.24, 2.45) is 5.92 Å². The first kappa shape index (κ1) is 17.0. The van der Waals surface area contributed by atoms with E-state index in [1.807, 2.05) is 0 Å². The largest absolute Gasteiger partial charge is 0.389 e. The Morgan fingerprint density at radius 1 is 1.38 bits per heavy atom. The molecule has 0 aliphatic heterocycles. The number of hydrogen-bond donors (Lipinski definition) is 2. The predicted octanol–water partition coefficient (Wildman–Crippen LogP) is 3.80. The molecule has 0 spiro atoms. The van der Waals surface area contributed by atoms with Crippen molar-refractivity contribution in [1.29, 1.82) is 0 Å². The third-order valence-electron chi connectivity index (χ3n) is 3.95. The smallest absolute Gasteiger partial charge is 0.124 e. The molecule has 2 rings (SSSR count). The summed E-state index contributed by atoms with van der Waals surface area (Å²) in [5.74, 6) is 0.553. The maximum absolute atomic E-state index is 13.0. The molecule has 0 amide bonds. The third kappa shape index (κ3) is 5.71. The van der Waals surface area contributed by atoms with Gasteiger partial charge in [-0.15, -0.1) is 0 Å². The number of hydrogen-bond acceptors (Lipinski definition) is 3. The normalized spacial score (nSPS) is 23.8. The van der Waals surface area contributed by atoms with Crippen molar-refractivity contribution >= 4 is 28.3 Å². The molecule has 1 saturated carbocycles. The highest BCUT2D eigenvalue weighted by Gasteiger charge is 2.19. The van der Waals surface area contributed by atoms with E-state index in [1.165, 1.54) is 25.0 Å². The average molecular weight is 407 g/mol. The molecule has 118 valence electrons. The Morgan fingerprint density at radius 3 is 2.76 bits per heavy atom.